The third-order valence-corrected chi connectivity index (χ3v) is 4.94. The van der Waals surface area contributed by atoms with E-state index in [0.717, 1.165) is 29.3 Å². The summed E-state index contributed by atoms with van der Waals surface area (Å²) in [5, 5.41) is 10.1. The summed E-state index contributed by atoms with van der Waals surface area (Å²) < 4.78 is 12.5. The van der Waals surface area contributed by atoms with Gasteiger partial charge < -0.3 is 14.8 Å². The van der Waals surface area contributed by atoms with Crippen LogP contribution in [0, 0.1) is 0 Å². The Kier molecular flexibility index (Phi) is 4.45. The van der Waals surface area contributed by atoms with Crippen LogP contribution in [0.15, 0.2) is 54.0 Å². The monoisotopic (exact) mass is 366 g/mol. The van der Waals surface area contributed by atoms with E-state index in [0.29, 0.717) is 11.5 Å². The molecule has 4 rings (SSSR count). The summed E-state index contributed by atoms with van der Waals surface area (Å²) in [5.74, 6) is 2.16. The number of hydrogen-bond donors (Lipinski definition) is 1. The molecule has 3 aromatic heterocycles. The van der Waals surface area contributed by atoms with E-state index in [1.54, 1.807) is 25.6 Å². The van der Waals surface area contributed by atoms with Crippen molar-refractivity contribution in [1.29, 1.82) is 0 Å². The number of nitrogens with one attached hydrogen (secondary N) is 1. The van der Waals surface area contributed by atoms with Gasteiger partial charge in [-0.1, -0.05) is 6.07 Å². The maximum absolute atomic E-state index is 5.40. The Hall–Kier alpha value is -3.06. The standard InChI is InChI=1S/C19H18N4O2S/c1-24-16-6-5-13(10-17(16)25-2)15-12-21-19-8-7-18(22-23(15)19)20-11-14-4-3-9-26-14/h3-10,12H,11H2,1-2H3,(H,20,22). The van der Waals surface area contributed by atoms with Crippen LogP contribution in [0.4, 0.5) is 5.82 Å². The molecule has 0 saturated heterocycles. The lowest BCUT2D eigenvalue weighted by molar-refractivity contribution is 0.355. The number of ether oxygens (including phenoxy) is 2. The fourth-order valence-electron chi connectivity index (χ4n) is 2.75. The summed E-state index contributed by atoms with van der Waals surface area (Å²) in [7, 11) is 3.25. The Bertz CT molecular complexity index is 1030. The molecule has 7 heteroatoms. The minimum Gasteiger partial charge on any atom is -0.493 e. The number of rotatable bonds is 6. The predicted molar refractivity (Wildman–Crippen MR) is 103 cm³/mol. The fourth-order valence-corrected chi connectivity index (χ4v) is 3.40. The third kappa shape index (κ3) is 3.09. The fraction of sp³-hybridized carbons (Fsp3) is 0.158. The quantitative estimate of drug-likeness (QED) is 0.557. The molecule has 4 aromatic rings. The molecule has 0 radical (unpaired) electrons. The topological polar surface area (TPSA) is 60.7 Å². The highest BCUT2D eigenvalue weighted by atomic mass is 32.1. The van der Waals surface area contributed by atoms with E-state index in [1.807, 2.05) is 47.1 Å². The van der Waals surface area contributed by atoms with Crippen LogP contribution in [0.5, 0.6) is 11.5 Å². The van der Waals surface area contributed by atoms with Crippen molar-refractivity contribution in [3.05, 3.63) is 58.9 Å². The van der Waals surface area contributed by atoms with Gasteiger partial charge in [-0.2, -0.15) is 0 Å². The van der Waals surface area contributed by atoms with Gasteiger partial charge in [-0.15, -0.1) is 16.4 Å². The van der Waals surface area contributed by atoms with Gasteiger partial charge in [0.2, 0.25) is 0 Å². The summed E-state index contributed by atoms with van der Waals surface area (Å²) in [5.41, 5.74) is 2.63. The molecule has 0 saturated carbocycles. The van der Waals surface area contributed by atoms with Gasteiger partial charge in [-0.25, -0.2) is 9.50 Å². The average molecular weight is 366 g/mol. The molecule has 0 unspecified atom stereocenters. The first-order valence-corrected chi connectivity index (χ1v) is 9.00. The predicted octanol–water partition coefficient (Wildman–Crippen LogP) is 4.09. The van der Waals surface area contributed by atoms with Gasteiger partial charge in [0, 0.05) is 10.4 Å². The third-order valence-electron chi connectivity index (χ3n) is 4.07. The van der Waals surface area contributed by atoms with Crippen molar-refractivity contribution < 1.29 is 9.47 Å². The van der Waals surface area contributed by atoms with Crippen molar-refractivity contribution in [3.63, 3.8) is 0 Å². The molecule has 1 aromatic carbocycles. The van der Waals surface area contributed by atoms with Crippen molar-refractivity contribution in [1.82, 2.24) is 14.6 Å². The largest absolute Gasteiger partial charge is 0.493 e. The van der Waals surface area contributed by atoms with E-state index >= 15 is 0 Å². The highest BCUT2D eigenvalue weighted by Gasteiger charge is 2.11. The Morgan fingerprint density at radius 3 is 2.73 bits per heavy atom. The lowest BCUT2D eigenvalue weighted by Gasteiger charge is -2.10. The van der Waals surface area contributed by atoms with Crippen molar-refractivity contribution in [2.45, 2.75) is 6.54 Å². The number of benzene rings is 1. The van der Waals surface area contributed by atoms with Crippen LogP contribution in [0.25, 0.3) is 16.9 Å². The van der Waals surface area contributed by atoms with Gasteiger partial charge >= 0.3 is 0 Å². The molecule has 0 aliphatic heterocycles. The molecular weight excluding hydrogens is 348 g/mol. The van der Waals surface area contributed by atoms with Crippen LogP contribution < -0.4 is 14.8 Å². The molecule has 0 bridgehead atoms. The summed E-state index contributed by atoms with van der Waals surface area (Å²) in [6, 6.07) is 13.8. The number of imidazole rings is 1. The van der Waals surface area contributed by atoms with Crippen LogP contribution in [0.2, 0.25) is 0 Å². The van der Waals surface area contributed by atoms with E-state index in [4.69, 9.17) is 9.47 Å². The lowest BCUT2D eigenvalue weighted by Crippen LogP contribution is -2.03. The number of aromatic nitrogens is 3. The number of fused-ring (bicyclic) bond motifs is 1. The molecule has 6 nitrogen and oxygen atoms in total. The number of nitrogens with zero attached hydrogens (tertiary/aromatic N) is 3. The van der Waals surface area contributed by atoms with Crippen LogP contribution in [0.1, 0.15) is 4.88 Å². The van der Waals surface area contributed by atoms with E-state index in [9.17, 15) is 0 Å². The van der Waals surface area contributed by atoms with Gasteiger partial charge in [0.05, 0.1) is 32.7 Å². The molecule has 0 atom stereocenters. The summed E-state index contributed by atoms with van der Waals surface area (Å²) >= 11 is 1.72. The minimum atomic E-state index is 0.673. The number of anilines is 1. The molecule has 0 spiro atoms. The van der Waals surface area contributed by atoms with Gasteiger partial charge in [0.25, 0.3) is 0 Å². The maximum atomic E-state index is 5.40. The van der Waals surface area contributed by atoms with Crippen molar-refractivity contribution in [2.24, 2.45) is 0 Å². The van der Waals surface area contributed by atoms with E-state index in [-0.39, 0.29) is 0 Å². The maximum Gasteiger partial charge on any atom is 0.161 e. The highest BCUT2D eigenvalue weighted by Crippen LogP contribution is 2.32. The summed E-state index contributed by atoms with van der Waals surface area (Å²) in [6.07, 6.45) is 1.81. The van der Waals surface area contributed by atoms with Crippen molar-refractivity contribution in [3.8, 4) is 22.8 Å². The normalized spacial score (nSPS) is 10.8. The molecule has 132 valence electrons. The highest BCUT2D eigenvalue weighted by molar-refractivity contribution is 7.09. The second kappa shape index (κ2) is 7.05. The zero-order chi connectivity index (χ0) is 17.9. The average Bonchev–Trinajstić information content (AvgIpc) is 3.35. The molecule has 0 aliphatic rings. The summed E-state index contributed by atoms with van der Waals surface area (Å²) in [4.78, 5) is 5.71. The molecular formula is C19H18N4O2S. The lowest BCUT2D eigenvalue weighted by atomic mass is 10.1. The van der Waals surface area contributed by atoms with Gasteiger partial charge in [-0.3, -0.25) is 0 Å². The van der Waals surface area contributed by atoms with Gasteiger partial charge in [-0.05, 0) is 41.8 Å². The first kappa shape index (κ1) is 16.4. The second-order valence-corrected chi connectivity index (χ2v) is 6.67. The minimum absolute atomic E-state index is 0.673. The first-order valence-electron chi connectivity index (χ1n) is 8.12. The zero-order valence-corrected chi connectivity index (χ0v) is 15.3. The van der Waals surface area contributed by atoms with E-state index in [2.05, 4.69) is 26.8 Å². The van der Waals surface area contributed by atoms with Crippen molar-refractivity contribution >= 4 is 22.8 Å². The molecule has 26 heavy (non-hydrogen) atoms. The Morgan fingerprint density at radius 1 is 1.08 bits per heavy atom. The van der Waals surface area contributed by atoms with Crippen molar-refractivity contribution in [2.75, 3.05) is 19.5 Å². The molecule has 0 amide bonds. The number of methoxy groups -OCH3 is 2. The number of thiophene rings is 1. The smallest absolute Gasteiger partial charge is 0.161 e. The first-order chi connectivity index (χ1) is 12.8. The molecule has 0 aliphatic carbocycles. The van der Waals surface area contributed by atoms with Crippen LogP contribution in [-0.2, 0) is 6.54 Å². The Morgan fingerprint density at radius 2 is 1.96 bits per heavy atom. The second-order valence-electron chi connectivity index (χ2n) is 5.63. The van der Waals surface area contributed by atoms with Crippen LogP contribution in [-0.4, -0.2) is 28.8 Å². The van der Waals surface area contributed by atoms with Gasteiger partial charge in [0.15, 0.2) is 17.1 Å². The molecule has 0 fully saturated rings. The van der Waals surface area contributed by atoms with Crippen LogP contribution >= 0.6 is 11.3 Å². The van der Waals surface area contributed by atoms with Crippen LogP contribution in [0.3, 0.4) is 0 Å². The summed E-state index contributed by atoms with van der Waals surface area (Å²) in [6.45, 7) is 0.747. The number of hydrogen-bond acceptors (Lipinski definition) is 6. The SMILES string of the molecule is COc1ccc(-c2cnc3ccc(NCc4cccs4)nn23)cc1OC. The molecule has 3 heterocycles. The molecule has 1 N–H and O–H groups in total. The van der Waals surface area contributed by atoms with E-state index < -0.39 is 0 Å². The van der Waals surface area contributed by atoms with Gasteiger partial charge in [0.1, 0.15) is 5.82 Å². The Balaban J connectivity index is 1.68. The zero-order valence-electron chi connectivity index (χ0n) is 14.5. The van der Waals surface area contributed by atoms with E-state index in [1.165, 1.54) is 4.88 Å². The Labute approximate surface area is 155 Å².